The first-order valence-corrected chi connectivity index (χ1v) is 5.72. The molecule has 4 heteroatoms. The Labute approximate surface area is 90.2 Å². The van der Waals surface area contributed by atoms with E-state index in [1.54, 1.807) is 0 Å². The van der Waals surface area contributed by atoms with Gasteiger partial charge < -0.3 is 9.84 Å². The molecule has 15 heavy (non-hydrogen) atoms. The van der Waals surface area contributed by atoms with Gasteiger partial charge in [-0.1, -0.05) is 6.42 Å². The molecular formula is C11H19NO3. The number of rotatable bonds is 4. The molecule has 0 atom stereocenters. The molecule has 0 unspecified atom stereocenters. The van der Waals surface area contributed by atoms with E-state index >= 15 is 0 Å². The molecule has 1 saturated carbocycles. The fourth-order valence-corrected chi connectivity index (χ4v) is 2.62. The van der Waals surface area contributed by atoms with E-state index in [-0.39, 0.29) is 5.41 Å². The molecule has 86 valence electrons. The van der Waals surface area contributed by atoms with E-state index in [9.17, 15) is 4.79 Å². The van der Waals surface area contributed by atoms with Crippen molar-refractivity contribution in [1.82, 2.24) is 4.90 Å². The molecule has 0 bridgehead atoms. The molecule has 1 aliphatic carbocycles. The average molecular weight is 213 g/mol. The predicted octanol–water partition coefficient (Wildman–Crippen LogP) is 0.964. The van der Waals surface area contributed by atoms with Gasteiger partial charge in [-0.25, -0.2) is 0 Å². The van der Waals surface area contributed by atoms with Gasteiger partial charge in [-0.2, -0.15) is 0 Å². The van der Waals surface area contributed by atoms with Crippen molar-refractivity contribution in [2.45, 2.75) is 25.7 Å². The molecule has 2 aliphatic rings. The van der Waals surface area contributed by atoms with E-state index in [4.69, 9.17) is 9.84 Å². The number of carboxylic acid groups (broad SMARTS) is 1. The van der Waals surface area contributed by atoms with Crippen LogP contribution >= 0.6 is 0 Å². The maximum absolute atomic E-state index is 10.8. The van der Waals surface area contributed by atoms with Crippen molar-refractivity contribution in [1.29, 1.82) is 0 Å². The summed E-state index contributed by atoms with van der Waals surface area (Å²) >= 11 is 0. The van der Waals surface area contributed by atoms with Crippen LogP contribution in [-0.4, -0.2) is 48.8 Å². The zero-order chi connectivity index (χ0) is 10.7. The molecule has 1 heterocycles. The molecule has 1 N–H and O–H groups in total. The Morgan fingerprint density at radius 3 is 2.47 bits per heavy atom. The number of morpholine rings is 1. The van der Waals surface area contributed by atoms with E-state index in [2.05, 4.69) is 4.90 Å². The van der Waals surface area contributed by atoms with Gasteiger partial charge in [0.1, 0.15) is 0 Å². The van der Waals surface area contributed by atoms with Gasteiger partial charge in [0.25, 0.3) is 0 Å². The van der Waals surface area contributed by atoms with Crippen LogP contribution < -0.4 is 0 Å². The van der Waals surface area contributed by atoms with Crippen LogP contribution in [0, 0.1) is 5.41 Å². The summed E-state index contributed by atoms with van der Waals surface area (Å²) < 4.78 is 5.29. The second-order valence-corrected chi connectivity index (χ2v) is 4.81. The van der Waals surface area contributed by atoms with Crippen molar-refractivity contribution in [2.24, 2.45) is 5.41 Å². The lowest BCUT2D eigenvalue weighted by molar-refractivity contribution is -0.142. The molecule has 0 radical (unpaired) electrons. The maximum atomic E-state index is 10.8. The normalized spacial score (nSPS) is 25.9. The Bertz CT molecular complexity index is 232. The minimum absolute atomic E-state index is 0.0726. The van der Waals surface area contributed by atoms with E-state index in [0.717, 1.165) is 45.7 Å². The lowest BCUT2D eigenvalue weighted by atomic mass is 9.66. The topological polar surface area (TPSA) is 49.8 Å². The number of hydrogen-bond acceptors (Lipinski definition) is 3. The fraction of sp³-hybridized carbons (Fsp3) is 0.909. The molecule has 0 aromatic heterocycles. The minimum atomic E-state index is -0.650. The summed E-state index contributed by atoms with van der Waals surface area (Å²) in [4.78, 5) is 13.2. The van der Waals surface area contributed by atoms with Gasteiger partial charge in [0, 0.05) is 19.6 Å². The third-order valence-corrected chi connectivity index (χ3v) is 3.60. The van der Waals surface area contributed by atoms with E-state index < -0.39 is 5.97 Å². The van der Waals surface area contributed by atoms with E-state index in [0.29, 0.717) is 6.42 Å². The Morgan fingerprint density at radius 2 is 2.00 bits per heavy atom. The standard InChI is InChI=1S/C11H19NO3/c13-10(14)8-11(2-1-3-11)9-12-4-6-15-7-5-12/h1-9H2,(H,13,14). The van der Waals surface area contributed by atoms with Crippen LogP contribution in [0.2, 0.25) is 0 Å². The summed E-state index contributed by atoms with van der Waals surface area (Å²) in [6, 6.07) is 0. The minimum Gasteiger partial charge on any atom is -0.481 e. The summed E-state index contributed by atoms with van der Waals surface area (Å²) in [7, 11) is 0. The van der Waals surface area contributed by atoms with Crippen LogP contribution in [0.3, 0.4) is 0 Å². The monoisotopic (exact) mass is 213 g/mol. The largest absolute Gasteiger partial charge is 0.481 e. The molecular weight excluding hydrogens is 194 g/mol. The predicted molar refractivity (Wildman–Crippen MR) is 55.8 cm³/mol. The smallest absolute Gasteiger partial charge is 0.303 e. The van der Waals surface area contributed by atoms with Crippen molar-refractivity contribution < 1.29 is 14.6 Å². The number of hydrogen-bond donors (Lipinski definition) is 1. The summed E-state index contributed by atoms with van der Waals surface area (Å²) in [5, 5.41) is 8.90. The van der Waals surface area contributed by atoms with Crippen LogP contribution in [0.1, 0.15) is 25.7 Å². The first-order valence-electron chi connectivity index (χ1n) is 5.72. The Morgan fingerprint density at radius 1 is 1.33 bits per heavy atom. The average Bonchev–Trinajstić information content (AvgIpc) is 2.15. The van der Waals surface area contributed by atoms with Crippen LogP contribution in [0.4, 0.5) is 0 Å². The van der Waals surface area contributed by atoms with Crippen molar-refractivity contribution in [2.75, 3.05) is 32.8 Å². The lowest BCUT2D eigenvalue weighted by Crippen LogP contribution is -2.47. The first-order chi connectivity index (χ1) is 7.20. The van der Waals surface area contributed by atoms with E-state index in [1.165, 1.54) is 6.42 Å². The lowest BCUT2D eigenvalue weighted by Gasteiger charge is -2.45. The fourth-order valence-electron chi connectivity index (χ4n) is 2.62. The molecule has 1 aliphatic heterocycles. The van der Waals surface area contributed by atoms with Gasteiger partial charge in [-0.3, -0.25) is 9.69 Å². The number of ether oxygens (including phenoxy) is 1. The SMILES string of the molecule is O=C(O)CC1(CN2CCOCC2)CCC1. The van der Waals surface area contributed by atoms with Crippen LogP contribution in [0.25, 0.3) is 0 Å². The van der Waals surface area contributed by atoms with Gasteiger partial charge in [0.05, 0.1) is 19.6 Å². The molecule has 0 aromatic carbocycles. The Hall–Kier alpha value is -0.610. The third kappa shape index (κ3) is 2.69. The van der Waals surface area contributed by atoms with Crippen molar-refractivity contribution >= 4 is 5.97 Å². The highest BCUT2D eigenvalue weighted by atomic mass is 16.5. The second kappa shape index (κ2) is 4.49. The zero-order valence-electron chi connectivity index (χ0n) is 9.07. The van der Waals surface area contributed by atoms with Crippen LogP contribution in [0.15, 0.2) is 0 Å². The molecule has 0 aromatic rings. The number of aliphatic carboxylic acids is 1. The van der Waals surface area contributed by atoms with Crippen LogP contribution in [-0.2, 0) is 9.53 Å². The second-order valence-electron chi connectivity index (χ2n) is 4.81. The van der Waals surface area contributed by atoms with Crippen molar-refractivity contribution in [3.8, 4) is 0 Å². The van der Waals surface area contributed by atoms with Crippen molar-refractivity contribution in [3.05, 3.63) is 0 Å². The number of carboxylic acids is 1. The van der Waals surface area contributed by atoms with Gasteiger partial charge in [0.2, 0.25) is 0 Å². The maximum Gasteiger partial charge on any atom is 0.303 e. The summed E-state index contributed by atoms with van der Waals surface area (Å²) in [6.07, 6.45) is 3.69. The highest BCUT2D eigenvalue weighted by Crippen LogP contribution is 2.44. The Balaban J connectivity index is 1.86. The highest BCUT2D eigenvalue weighted by Gasteiger charge is 2.40. The molecule has 2 rings (SSSR count). The molecule has 4 nitrogen and oxygen atoms in total. The summed E-state index contributed by atoms with van der Waals surface area (Å²) in [6.45, 7) is 4.46. The van der Waals surface area contributed by atoms with Gasteiger partial charge >= 0.3 is 5.97 Å². The van der Waals surface area contributed by atoms with E-state index in [1.807, 2.05) is 0 Å². The first kappa shape index (κ1) is 10.9. The Kier molecular flexibility index (Phi) is 3.26. The molecule has 0 amide bonds. The number of nitrogens with zero attached hydrogens (tertiary/aromatic N) is 1. The summed E-state index contributed by atoms with van der Waals surface area (Å²) in [5.41, 5.74) is 0.0726. The van der Waals surface area contributed by atoms with Gasteiger partial charge in [-0.05, 0) is 18.3 Å². The van der Waals surface area contributed by atoms with Gasteiger partial charge in [-0.15, -0.1) is 0 Å². The third-order valence-electron chi connectivity index (χ3n) is 3.60. The zero-order valence-corrected chi connectivity index (χ0v) is 9.07. The highest BCUT2D eigenvalue weighted by molar-refractivity contribution is 5.68. The molecule has 0 spiro atoms. The number of carbonyl (C=O) groups is 1. The molecule has 1 saturated heterocycles. The molecule has 2 fully saturated rings. The van der Waals surface area contributed by atoms with Gasteiger partial charge in [0.15, 0.2) is 0 Å². The van der Waals surface area contributed by atoms with Crippen LogP contribution in [0.5, 0.6) is 0 Å². The quantitative estimate of drug-likeness (QED) is 0.755. The van der Waals surface area contributed by atoms with Crippen molar-refractivity contribution in [3.63, 3.8) is 0 Å². The summed E-state index contributed by atoms with van der Waals surface area (Å²) in [5.74, 6) is -0.650.